The predicted molar refractivity (Wildman–Crippen MR) is 63.2 cm³/mol. The smallest absolute Gasteiger partial charge is 0.131 e. The maximum atomic E-state index is 13.7. The molecule has 0 aliphatic rings. The van der Waals surface area contributed by atoms with Gasteiger partial charge in [0.25, 0.3) is 0 Å². The molecule has 1 nitrogen and oxygen atoms in total. The number of benzene rings is 1. The first-order valence-electron chi connectivity index (χ1n) is 5.20. The Kier molecular flexibility index (Phi) is 4.04. The first-order chi connectivity index (χ1) is 7.06. The molecular weight excluding hydrogens is 189 g/mol. The molecule has 0 unspecified atom stereocenters. The average molecular weight is 207 g/mol. The first-order valence-corrected chi connectivity index (χ1v) is 5.20. The lowest BCUT2D eigenvalue weighted by molar-refractivity contribution is 0.621. The van der Waals surface area contributed by atoms with Gasteiger partial charge in [0.2, 0.25) is 0 Å². The Morgan fingerprint density at radius 2 is 2.07 bits per heavy atom. The van der Waals surface area contributed by atoms with Gasteiger partial charge >= 0.3 is 0 Å². The summed E-state index contributed by atoms with van der Waals surface area (Å²) in [7, 11) is 0. The van der Waals surface area contributed by atoms with Crippen LogP contribution in [0.2, 0.25) is 0 Å². The van der Waals surface area contributed by atoms with Crippen molar-refractivity contribution in [2.75, 3.05) is 6.54 Å². The van der Waals surface area contributed by atoms with Gasteiger partial charge in [-0.1, -0.05) is 12.1 Å². The summed E-state index contributed by atoms with van der Waals surface area (Å²) in [4.78, 5) is 0. The molecule has 0 aliphatic carbocycles. The zero-order chi connectivity index (χ0) is 11.4. The third kappa shape index (κ3) is 2.90. The molecule has 2 heteroatoms. The number of hydrogen-bond donors (Lipinski definition) is 1. The zero-order valence-corrected chi connectivity index (χ0v) is 9.60. The van der Waals surface area contributed by atoms with Gasteiger partial charge in [0.05, 0.1) is 0 Å². The van der Waals surface area contributed by atoms with E-state index >= 15 is 0 Å². The Bertz CT molecular complexity index is 357. The van der Waals surface area contributed by atoms with Gasteiger partial charge in [0.1, 0.15) is 5.82 Å². The van der Waals surface area contributed by atoms with E-state index in [4.69, 9.17) is 5.73 Å². The molecule has 1 rings (SSSR count). The Morgan fingerprint density at radius 1 is 1.40 bits per heavy atom. The molecule has 0 heterocycles. The van der Waals surface area contributed by atoms with Crippen molar-refractivity contribution >= 4 is 5.57 Å². The van der Waals surface area contributed by atoms with E-state index in [2.05, 4.69) is 0 Å². The molecule has 0 fully saturated rings. The maximum Gasteiger partial charge on any atom is 0.131 e. The van der Waals surface area contributed by atoms with Gasteiger partial charge < -0.3 is 5.73 Å². The van der Waals surface area contributed by atoms with Crippen LogP contribution in [0, 0.1) is 19.7 Å². The molecular formula is C13H18FN. The molecule has 0 aliphatic heterocycles. The molecule has 0 bridgehead atoms. The second-order valence-corrected chi connectivity index (χ2v) is 3.90. The summed E-state index contributed by atoms with van der Waals surface area (Å²) < 4.78 is 13.7. The van der Waals surface area contributed by atoms with E-state index in [-0.39, 0.29) is 5.82 Å². The molecule has 1 aromatic rings. The van der Waals surface area contributed by atoms with Gasteiger partial charge in [0, 0.05) is 5.56 Å². The minimum Gasteiger partial charge on any atom is -0.330 e. The van der Waals surface area contributed by atoms with Gasteiger partial charge in [-0.3, -0.25) is 0 Å². The van der Waals surface area contributed by atoms with Gasteiger partial charge in [-0.2, -0.15) is 0 Å². The van der Waals surface area contributed by atoms with Crippen molar-refractivity contribution in [1.29, 1.82) is 0 Å². The third-order valence-electron chi connectivity index (χ3n) is 2.44. The molecule has 0 radical (unpaired) electrons. The van der Waals surface area contributed by atoms with Crippen molar-refractivity contribution in [1.82, 2.24) is 0 Å². The normalized spacial score (nSPS) is 11.9. The fraction of sp³-hybridized carbons (Fsp3) is 0.385. The second-order valence-electron chi connectivity index (χ2n) is 3.90. The highest BCUT2D eigenvalue weighted by Gasteiger charge is 2.07. The van der Waals surface area contributed by atoms with Crippen LogP contribution in [0.1, 0.15) is 30.0 Å². The van der Waals surface area contributed by atoms with Gasteiger partial charge in [-0.05, 0) is 56.5 Å². The summed E-state index contributed by atoms with van der Waals surface area (Å²) >= 11 is 0. The number of halogens is 1. The van der Waals surface area contributed by atoms with Crippen molar-refractivity contribution in [3.8, 4) is 0 Å². The lowest BCUT2D eigenvalue weighted by atomic mass is 9.98. The molecule has 0 saturated heterocycles. The van der Waals surface area contributed by atoms with Crippen molar-refractivity contribution in [2.45, 2.75) is 27.2 Å². The number of nitrogens with two attached hydrogens (primary N) is 1. The molecule has 0 atom stereocenters. The summed E-state index contributed by atoms with van der Waals surface area (Å²) in [5.41, 5.74) is 9.04. The van der Waals surface area contributed by atoms with Crippen LogP contribution in [-0.2, 0) is 0 Å². The van der Waals surface area contributed by atoms with Gasteiger partial charge in [-0.25, -0.2) is 4.39 Å². The predicted octanol–water partition coefficient (Wildman–Crippen LogP) is 3.19. The highest BCUT2D eigenvalue weighted by Crippen LogP contribution is 2.23. The quantitative estimate of drug-likeness (QED) is 0.809. The van der Waals surface area contributed by atoms with E-state index in [1.54, 1.807) is 6.07 Å². The maximum absolute atomic E-state index is 13.7. The van der Waals surface area contributed by atoms with Crippen LogP contribution < -0.4 is 5.73 Å². The SMILES string of the molecule is CC(=CCCN)c1c(C)cc(C)cc1F. The summed E-state index contributed by atoms with van der Waals surface area (Å²) in [5.74, 6) is -0.140. The number of allylic oxidation sites excluding steroid dienone is 1. The third-order valence-corrected chi connectivity index (χ3v) is 2.44. The topological polar surface area (TPSA) is 26.0 Å². The number of hydrogen-bond acceptors (Lipinski definition) is 1. The zero-order valence-electron chi connectivity index (χ0n) is 9.60. The van der Waals surface area contributed by atoms with Crippen molar-refractivity contribution < 1.29 is 4.39 Å². The van der Waals surface area contributed by atoms with E-state index in [9.17, 15) is 4.39 Å². The summed E-state index contributed by atoms with van der Waals surface area (Å²) in [5, 5.41) is 0. The fourth-order valence-corrected chi connectivity index (χ4v) is 1.82. The van der Waals surface area contributed by atoms with E-state index < -0.39 is 0 Å². The molecule has 82 valence electrons. The Balaban J connectivity index is 3.14. The van der Waals surface area contributed by atoms with Crippen LogP contribution in [0.15, 0.2) is 18.2 Å². The molecule has 0 saturated carbocycles. The standard InChI is InChI=1S/C13H18FN/c1-9-7-11(3)13(12(14)8-9)10(2)5-4-6-15/h5,7-8H,4,6,15H2,1-3H3. The lowest BCUT2D eigenvalue weighted by Gasteiger charge is -2.09. The van der Waals surface area contributed by atoms with Crippen LogP contribution in [0.3, 0.4) is 0 Å². The highest BCUT2D eigenvalue weighted by atomic mass is 19.1. The average Bonchev–Trinajstić information content (AvgIpc) is 2.12. The molecule has 0 aromatic heterocycles. The lowest BCUT2D eigenvalue weighted by Crippen LogP contribution is -1.97. The highest BCUT2D eigenvalue weighted by molar-refractivity contribution is 5.67. The van der Waals surface area contributed by atoms with Crippen LogP contribution in [0.25, 0.3) is 5.57 Å². The van der Waals surface area contributed by atoms with Crippen molar-refractivity contribution in [3.05, 3.63) is 40.7 Å². The van der Waals surface area contributed by atoms with Crippen molar-refractivity contribution in [2.24, 2.45) is 5.73 Å². The summed E-state index contributed by atoms with van der Waals surface area (Å²) in [6.07, 6.45) is 2.78. The molecule has 2 N–H and O–H groups in total. The van der Waals surface area contributed by atoms with Crippen LogP contribution in [0.5, 0.6) is 0 Å². The fourth-order valence-electron chi connectivity index (χ4n) is 1.82. The van der Waals surface area contributed by atoms with Gasteiger partial charge in [-0.15, -0.1) is 0 Å². The Hall–Kier alpha value is -1.15. The monoisotopic (exact) mass is 207 g/mol. The largest absolute Gasteiger partial charge is 0.330 e. The van der Waals surface area contributed by atoms with E-state index in [1.165, 1.54) is 0 Å². The van der Waals surface area contributed by atoms with Crippen LogP contribution >= 0.6 is 0 Å². The van der Waals surface area contributed by atoms with Crippen LogP contribution in [-0.4, -0.2) is 6.54 Å². The molecule has 0 spiro atoms. The Labute approximate surface area is 90.8 Å². The van der Waals surface area contributed by atoms with Crippen LogP contribution in [0.4, 0.5) is 4.39 Å². The number of aryl methyl sites for hydroxylation is 2. The second kappa shape index (κ2) is 5.08. The number of rotatable bonds is 3. The van der Waals surface area contributed by atoms with E-state index in [0.29, 0.717) is 12.1 Å². The van der Waals surface area contributed by atoms with Gasteiger partial charge in [0.15, 0.2) is 0 Å². The minimum absolute atomic E-state index is 0.140. The summed E-state index contributed by atoms with van der Waals surface area (Å²) in [6.45, 7) is 6.37. The van der Waals surface area contributed by atoms with E-state index in [0.717, 1.165) is 23.1 Å². The Morgan fingerprint density at radius 3 is 2.60 bits per heavy atom. The summed E-state index contributed by atoms with van der Waals surface area (Å²) in [6, 6.07) is 3.57. The first kappa shape index (κ1) is 11.9. The van der Waals surface area contributed by atoms with E-state index in [1.807, 2.05) is 32.9 Å². The molecule has 0 amide bonds. The minimum atomic E-state index is -0.140. The van der Waals surface area contributed by atoms with Crippen molar-refractivity contribution in [3.63, 3.8) is 0 Å². The molecule has 1 aromatic carbocycles. The molecule has 15 heavy (non-hydrogen) atoms.